The number of aliphatic imine (C=N–C) groups is 1. The fraction of sp³-hybridized carbons (Fsp3) is 0.250. The number of anilines is 1. The van der Waals surface area contributed by atoms with Crippen LogP contribution in [0.4, 0.5) is 23.7 Å². The number of nitrogens with one attached hydrogen (secondary N) is 2. The molecule has 0 spiro atoms. The smallest absolute Gasteiger partial charge is 0.366 e. The third-order valence-electron chi connectivity index (χ3n) is 8.35. The Morgan fingerprint density at radius 3 is 2.28 bits per heavy atom. The lowest BCUT2D eigenvalue weighted by Crippen LogP contribution is -2.39. The maximum atomic E-state index is 13.8. The Morgan fingerprint density at radius 2 is 1.60 bits per heavy atom. The molecular weight excluding hydrogens is 605 g/mol. The van der Waals surface area contributed by atoms with Gasteiger partial charge >= 0.3 is 12.2 Å². The Labute approximate surface area is 271 Å². The highest BCUT2D eigenvalue weighted by molar-refractivity contribution is 6.02. The second kappa shape index (κ2) is 14.8. The molecule has 0 aliphatic heterocycles. The zero-order valence-corrected chi connectivity index (χ0v) is 25.6. The average Bonchev–Trinajstić information content (AvgIpc) is 3.10. The van der Waals surface area contributed by atoms with E-state index in [1.165, 1.54) is 30.9 Å². The topological polar surface area (TPSA) is 124 Å². The molecule has 0 aromatic heterocycles. The minimum absolute atomic E-state index is 0.0792. The zero-order chi connectivity index (χ0) is 33.4. The lowest BCUT2D eigenvalue weighted by Gasteiger charge is -2.26. The van der Waals surface area contributed by atoms with E-state index in [1.54, 1.807) is 59.5 Å². The van der Waals surface area contributed by atoms with Gasteiger partial charge in [-0.1, -0.05) is 79.9 Å². The molecule has 47 heavy (non-hydrogen) atoms. The summed E-state index contributed by atoms with van der Waals surface area (Å²) < 4.78 is 40.3. The van der Waals surface area contributed by atoms with E-state index in [2.05, 4.69) is 27.6 Å². The normalized spacial score (nSPS) is 14.0. The highest BCUT2D eigenvalue weighted by atomic mass is 19.4. The number of hydrogen-bond acceptors (Lipinski definition) is 3. The third kappa shape index (κ3) is 8.49. The Bertz CT molecular complexity index is 1750. The summed E-state index contributed by atoms with van der Waals surface area (Å²) in [6.07, 6.45) is 1.48. The van der Waals surface area contributed by atoms with Gasteiger partial charge in [0.25, 0.3) is 5.91 Å². The second-order valence-electron chi connectivity index (χ2n) is 11.5. The van der Waals surface area contributed by atoms with Gasteiger partial charge in [0, 0.05) is 17.8 Å². The highest BCUT2D eigenvalue weighted by Gasteiger charge is 2.30. The van der Waals surface area contributed by atoms with Crippen LogP contribution < -0.4 is 16.0 Å². The lowest BCUT2D eigenvalue weighted by molar-refractivity contribution is -0.137. The minimum Gasteiger partial charge on any atom is -0.366 e. The number of carbonyl (C=O) groups excluding carboxylic acids is 2. The second-order valence-corrected chi connectivity index (χ2v) is 11.5. The lowest BCUT2D eigenvalue weighted by atomic mass is 9.84. The van der Waals surface area contributed by atoms with Crippen LogP contribution in [-0.4, -0.2) is 17.9 Å². The molecule has 4 aromatic carbocycles. The molecule has 1 aliphatic rings. The van der Waals surface area contributed by atoms with Crippen molar-refractivity contribution in [3.8, 4) is 11.1 Å². The van der Waals surface area contributed by atoms with Crippen LogP contribution in [0.5, 0.6) is 0 Å². The Hall–Kier alpha value is -5.32. The number of hydrogen-bond donors (Lipinski definition) is 3. The third-order valence-corrected chi connectivity index (χ3v) is 8.35. The van der Waals surface area contributed by atoms with Crippen LogP contribution in [0.2, 0.25) is 0 Å². The number of alkyl halides is 3. The molecule has 0 saturated heterocycles. The van der Waals surface area contributed by atoms with Crippen LogP contribution in [0.25, 0.3) is 11.1 Å². The molecule has 1 saturated carbocycles. The molecule has 11 heteroatoms. The number of nitrogens with two attached hydrogens (primary N) is 1. The molecule has 4 aromatic rings. The zero-order valence-electron chi connectivity index (χ0n) is 25.6. The molecule has 0 atom stereocenters. The molecule has 0 heterocycles. The summed E-state index contributed by atoms with van der Waals surface area (Å²) in [5, 5.41) is 5.90. The van der Waals surface area contributed by atoms with E-state index in [0.29, 0.717) is 28.3 Å². The number of urea groups is 1. The molecule has 8 nitrogen and oxygen atoms in total. The minimum atomic E-state index is -4.48. The van der Waals surface area contributed by atoms with Crippen molar-refractivity contribution >= 4 is 23.6 Å². The molecule has 0 unspecified atom stereocenters. The largest absolute Gasteiger partial charge is 0.416 e. The van der Waals surface area contributed by atoms with E-state index < -0.39 is 29.6 Å². The van der Waals surface area contributed by atoms with Crippen LogP contribution in [0.15, 0.2) is 107 Å². The summed E-state index contributed by atoms with van der Waals surface area (Å²) in [7, 11) is 0. The highest BCUT2D eigenvalue weighted by Crippen LogP contribution is 2.35. The maximum Gasteiger partial charge on any atom is 0.416 e. The first-order valence-corrected chi connectivity index (χ1v) is 15.4. The van der Waals surface area contributed by atoms with Crippen LogP contribution >= 0.6 is 0 Å². The SMILES string of the molecule is N=NC(N)=NC(=O)c1ccc(CN(C(=O)NCc2ccccc2-c2cccc(C(F)(F)F)c2)c2ccc(C3CCCCC3)cc2)cc1. The monoisotopic (exact) mass is 640 g/mol. The quantitative estimate of drug-likeness (QED) is 0.101. The van der Waals surface area contributed by atoms with Crippen LogP contribution in [0, 0.1) is 5.53 Å². The maximum absolute atomic E-state index is 13.8. The van der Waals surface area contributed by atoms with Crippen molar-refractivity contribution in [2.45, 2.75) is 57.3 Å². The van der Waals surface area contributed by atoms with Crippen molar-refractivity contribution in [3.05, 3.63) is 125 Å². The van der Waals surface area contributed by atoms with Gasteiger partial charge in [0.1, 0.15) is 0 Å². The van der Waals surface area contributed by atoms with Crippen LogP contribution in [0.1, 0.15) is 70.6 Å². The van der Waals surface area contributed by atoms with Crippen molar-refractivity contribution < 1.29 is 22.8 Å². The number of halogens is 3. The Morgan fingerprint density at radius 1 is 0.894 bits per heavy atom. The fourth-order valence-electron chi connectivity index (χ4n) is 5.86. The Kier molecular flexibility index (Phi) is 10.4. The Balaban J connectivity index is 1.38. The van der Waals surface area contributed by atoms with Gasteiger partial charge in [0.05, 0.1) is 12.1 Å². The van der Waals surface area contributed by atoms with E-state index in [-0.39, 0.29) is 18.7 Å². The van der Waals surface area contributed by atoms with Crippen molar-refractivity contribution in [1.82, 2.24) is 5.32 Å². The van der Waals surface area contributed by atoms with Gasteiger partial charge in [-0.05, 0) is 83.0 Å². The predicted octanol–water partition coefficient (Wildman–Crippen LogP) is 8.82. The van der Waals surface area contributed by atoms with Crippen molar-refractivity contribution in [1.29, 1.82) is 5.53 Å². The predicted molar refractivity (Wildman–Crippen MR) is 175 cm³/mol. The van der Waals surface area contributed by atoms with E-state index in [0.717, 1.165) is 30.5 Å². The van der Waals surface area contributed by atoms with Crippen molar-refractivity contribution in [2.24, 2.45) is 15.8 Å². The molecule has 5 rings (SSSR count). The van der Waals surface area contributed by atoms with Gasteiger partial charge in [-0.3, -0.25) is 9.69 Å². The molecule has 3 amide bonds. The van der Waals surface area contributed by atoms with Gasteiger partial charge in [-0.15, -0.1) is 5.11 Å². The first-order chi connectivity index (χ1) is 22.6. The van der Waals surface area contributed by atoms with E-state index in [4.69, 9.17) is 11.3 Å². The van der Waals surface area contributed by atoms with E-state index >= 15 is 0 Å². The molecule has 1 aliphatic carbocycles. The van der Waals surface area contributed by atoms with Gasteiger partial charge in [-0.25, -0.2) is 10.3 Å². The number of amides is 3. The summed E-state index contributed by atoms with van der Waals surface area (Å²) in [4.78, 5) is 31.3. The van der Waals surface area contributed by atoms with Crippen molar-refractivity contribution in [2.75, 3.05) is 4.90 Å². The van der Waals surface area contributed by atoms with Gasteiger partial charge in [-0.2, -0.15) is 18.2 Å². The summed E-state index contributed by atoms with van der Waals surface area (Å²) in [5.41, 5.74) is 16.1. The molecule has 242 valence electrons. The van der Waals surface area contributed by atoms with Gasteiger partial charge in [0.2, 0.25) is 5.96 Å². The number of guanidine groups is 1. The van der Waals surface area contributed by atoms with Gasteiger partial charge in [0.15, 0.2) is 0 Å². The number of benzene rings is 4. The van der Waals surface area contributed by atoms with Crippen LogP contribution in [-0.2, 0) is 19.3 Å². The van der Waals surface area contributed by atoms with Crippen molar-refractivity contribution in [3.63, 3.8) is 0 Å². The molecule has 1 fully saturated rings. The molecule has 0 bridgehead atoms. The summed E-state index contributed by atoms with van der Waals surface area (Å²) in [6.45, 7) is 0.252. The number of rotatable bonds is 8. The fourth-order valence-corrected chi connectivity index (χ4v) is 5.86. The number of carbonyl (C=O) groups is 2. The first-order valence-electron chi connectivity index (χ1n) is 15.4. The summed E-state index contributed by atoms with van der Waals surface area (Å²) >= 11 is 0. The van der Waals surface area contributed by atoms with E-state index in [9.17, 15) is 22.8 Å². The molecule has 0 radical (unpaired) electrons. The standard InChI is InChI=1S/C36H35F3N6O2/c37-36(38,39)30-11-6-10-28(21-30)32-12-5-4-9-29(32)22-42-35(47)45(31-19-17-26(18-20-31)25-7-2-1-3-8-25)23-24-13-15-27(16-14-24)33(46)43-34(40)44-41/h4-6,9-21,25,41H,1-3,7-8,22-23H2,(H,42,47)(H2,40,43,46). The summed E-state index contributed by atoms with van der Waals surface area (Å²) in [5.74, 6) is -0.595. The number of nitrogens with zero attached hydrogens (tertiary/aromatic N) is 3. The van der Waals surface area contributed by atoms with Gasteiger partial charge < -0.3 is 11.1 Å². The first kappa shape index (κ1) is 33.1. The van der Waals surface area contributed by atoms with Crippen LogP contribution in [0.3, 0.4) is 0 Å². The molecular formula is C36H35F3N6O2. The van der Waals surface area contributed by atoms with E-state index in [1.807, 2.05) is 12.1 Å². The molecule has 4 N–H and O–H groups in total. The summed E-state index contributed by atoms with van der Waals surface area (Å²) in [6, 6.07) is 26.3. The average molecular weight is 641 g/mol.